The molecule has 0 aromatic heterocycles. The first-order valence-corrected chi connectivity index (χ1v) is 5.96. The number of nitrogens with zero attached hydrogens (tertiary/aromatic N) is 2. The molecule has 0 spiro atoms. The maximum absolute atomic E-state index is 11.9. The van der Waals surface area contributed by atoms with Crippen LogP contribution in [0.5, 0.6) is 0 Å². The SMILES string of the molecule is CN1CCCN(C2CCCC(N)C2)C1=O. The molecule has 0 aromatic carbocycles. The van der Waals surface area contributed by atoms with Gasteiger partial charge < -0.3 is 15.5 Å². The lowest BCUT2D eigenvalue weighted by Crippen LogP contribution is -2.53. The summed E-state index contributed by atoms with van der Waals surface area (Å²) in [5.41, 5.74) is 5.96. The molecule has 1 saturated carbocycles. The van der Waals surface area contributed by atoms with E-state index in [1.807, 2.05) is 16.8 Å². The third kappa shape index (κ3) is 2.25. The second-order valence-electron chi connectivity index (χ2n) is 4.83. The first-order chi connectivity index (χ1) is 7.18. The second-order valence-corrected chi connectivity index (χ2v) is 4.83. The van der Waals surface area contributed by atoms with Crippen LogP contribution >= 0.6 is 0 Å². The van der Waals surface area contributed by atoms with Crippen molar-refractivity contribution in [3.8, 4) is 0 Å². The molecule has 2 rings (SSSR count). The summed E-state index contributed by atoms with van der Waals surface area (Å²) in [4.78, 5) is 15.8. The van der Waals surface area contributed by atoms with Gasteiger partial charge in [-0.1, -0.05) is 0 Å². The van der Waals surface area contributed by atoms with Crippen LogP contribution in [0.4, 0.5) is 4.79 Å². The molecule has 86 valence electrons. The number of rotatable bonds is 1. The van der Waals surface area contributed by atoms with Crippen LogP contribution in [0.3, 0.4) is 0 Å². The minimum atomic E-state index is 0.195. The van der Waals surface area contributed by atoms with Crippen LogP contribution in [0.2, 0.25) is 0 Å². The van der Waals surface area contributed by atoms with Gasteiger partial charge in [0.1, 0.15) is 0 Å². The molecule has 1 aliphatic heterocycles. The lowest BCUT2D eigenvalue weighted by molar-refractivity contribution is 0.102. The highest BCUT2D eigenvalue weighted by atomic mass is 16.2. The summed E-state index contributed by atoms with van der Waals surface area (Å²) in [6.45, 7) is 1.81. The van der Waals surface area contributed by atoms with Crippen molar-refractivity contribution in [1.82, 2.24) is 9.80 Å². The number of hydrogen-bond donors (Lipinski definition) is 1. The number of urea groups is 1. The minimum Gasteiger partial charge on any atom is -0.328 e. The molecule has 4 nitrogen and oxygen atoms in total. The summed E-state index contributed by atoms with van der Waals surface area (Å²) in [6, 6.07) is 0.883. The van der Waals surface area contributed by atoms with Crippen LogP contribution in [-0.2, 0) is 0 Å². The van der Waals surface area contributed by atoms with E-state index < -0.39 is 0 Å². The summed E-state index contributed by atoms with van der Waals surface area (Å²) in [5.74, 6) is 0. The van der Waals surface area contributed by atoms with Crippen LogP contribution in [0.25, 0.3) is 0 Å². The molecule has 2 aliphatic rings. The quantitative estimate of drug-likeness (QED) is 0.704. The summed E-state index contributed by atoms with van der Waals surface area (Å²) >= 11 is 0. The summed E-state index contributed by atoms with van der Waals surface area (Å²) < 4.78 is 0. The standard InChI is InChI=1S/C11H21N3O/c1-13-6-3-7-14(11(13)15)10-5-2-4-9(12)8-10/h9-10H,2-8,12H2,1H3. The van der Waals surface area contributed by atoms with Gasteiger partial charge in [-0.15, -0.1) is 0 Å². The molecule has 2 atom stereocenters. The monoisotopic (exact) mass is 211 g/mol. The highest BCUT2D eigenvalue weighted by Crippen LogP contribution is 2.24. The Balaban J connectivity index is 1.99. The Kier molecular flexibility index (Phi) is 3.14. The molecule has 0 bridgehead atoms. The Morgan fingerprint density at radius 3 is 2.80 bits per heavy atom. The minimum absolute atomic E-state index is 0.195. The molecule has 2 N–H and O–H groups in total. The maximum Gasteiger partial charge on any atom is 0.319 e. The number of carbonyl (C=O) groups is 1. The van der Waals surface area contributed by atoms with Crippen molar-refractivity contribution in [3.05, 3.63) is 0 Å². The van der Waals surface area contributed by atoms with Crippen molar-refractivity contribution >= 4 is 6.03 Å². The van der Waals surface area contributed by atoms with Gasteiger partial charge in [0.2, 0.25) is 0 Å². The molecule has 2 unspecified atom stereocenters. The Morgan fingerprint density at radius 1 is 1.27 bits per heavy atom. The second kappa shape index (κ2) is 4.39. The van der Waals surface area contributed by atoms with Crippen molar-refractivity contribution < 1.29 is 4.79 Å². The van der Waals surface area contributed by atoms with Gasteiger partial charge >= 0.3 is 6.03 Å². The largest absolute Gasteiger partial charge is 0.328 e. The van der Waals surface area contributed by atoms with E-state index >= 15 is 0 Å². The van der Waals surface area contributed by atoms with E-state index in [1.165, 1.54) is 6.42 Å². The molecule has 1 saturated heterocycles. The zero-order chi connectivity index (χ0) is 10.8. The molecular formula is C11H21N3O. The van der Waals surface area contributed by atoms with E-state index in [-0.39, 0.29) is 6.03 Å². The number of hydrogen-bond acceptors (Lipinski definition) is 2. The first kappa shape index (κ1) is 10.7. The topological polar surface area (TPSA) is 49.6 Å². The van der Waals surface area contributed by atoms with Gasteiger partial charge in [-0.2, -0.15) is 0 Å². The van der Waals surface area contributed by atoms with Gasteiger partial charge in [-0.3, -0.25) is 0 Å². The predicted octanol–water partition coefficient (Wildman–Crippen LogP) is 1.01. The van der Waals surface area contributed by atoms with Gasteiger partial charge in [0.15, 0.2) is 0 Å². The average Bonchev–Trinajstić information content (AvgIpc) is 2.22. The number of amides is 2. The van der Waals surface area contributed by atoms with Crippen molar-refractivity contribution in [1.29, 1.82) is 0 Å². The molecule has 15 heavy (non-hydrogen) atoms. The van der Waals surface area contributed by atoms with Crippen molar-refractivity contribution in [2.75, 3.05) is 20.1 Å². The van der Waals surface area contributed by atoms with E-state index in [2.05, 4.69) is 0 Å². The third-order valence-corrected chi connectivity index (χ3v) is 3.59. The zero-order valence-electron chi connectivity index (χ0n) is 9.48. The Bertz CT molecular complexity index is 244. The van der Waals surface area contributed by atoms with Crippen molar-refractivity contribution in [3.63, 3.8) is 0 Å². The molecule has 1 aliphatic carbocycles. The Labute approximate surface area is 91.4 Å². The van der Waals surface area contributed by atoms with Gasteiger partial charge in [0.05, 0.1) is 0 Å². The van der Waals surface area contributed by atoms with Crippen molar-refractivity contribution in [2.24, 2.45) is 5.73 Å². The predicted molar refractivity (Wildman–Crippen MR) is 59.6 cm³/mol. The maximum atomic E-state index is 11.9. The number of nitrogens with two attached hydrogens (primary N) is 1. The van der Waals surface area contributed by atoms with E-state index in [0.717, 1.165) is 38.8 Å². The van der Waals surface area contributed by atoms with Crippen LogP contribution in [-0.4, -0.2) is 48.1 Å². The van der Waals surface area contributed by atoms with Crippen molar-refractivity contribution in [2.45, 2.75) is 44.2 Å². The van der Waals surface area contributed by atoms with Crippen LogP contribution in [0, 0.1) is 0 Å². The lowest BCUT2D eigenvalue weighted by Gasteiger charge is -2.41. The molecule has 0 radical (unpaired) electrons. The van der Waals surface area contributed by atoms with E-state index in [9.17, 15) is 4.79 Å². The third-order valence-electron chi connectivity index (χ3n) is 3.59. The smallest absolute Gasteiger partial charge is 0.319 e. The molecule has 4 heteroatoms. The molecular weight excluding hydrogens is 190 g/mol. The lowest BCUT2D eigenvalue weighted by atomic mass is 9.90. The molecule has 1 heterocycles. The van der Waals surface area contributed by atoms with Gasteiger partial charge in [0, 0.05) is 32.2 Å². The van der Waals surface area contributed by atoms with Crippen LogP contribution < -0.4 is 5.73 Å². The zero-order valence-corrected chi connectivity index (χ0v) is 9.48. The fourth-order valence-electron chi connectivity index (χ4n) is 2.71. The highest BCUT2D eigenvalue weighted by molar-refractivity contribution is 5.75. The first-order valence-electron chi connectivity index (χ1n) is 5.96. The van der Waals surface area contributed by atoms with E-state index in [4.69, 9.17) is 5.73 Å². The summed E-state index contributed by atoms with van der Waals surface area (Å²) in [7, 11) is 1.89. The van der Waals surface area contributed by atoms with E-state index in [0.29, 0.717) is 12.1 Å². The average molecular weight is 211 g/mol. The highest BCUT2D eigenvalue weighted by Gasteiger charge is 2.31. The van der Waals surface area contributed by atoms with Crippen LogP contribution in [0.15, 0.2) is 0 Å². The van der Waals surface area contributed by atoms with Gasteiger partial charge in [-0.25, -0.2) is 4.79 Å². The van der Waals surface area contributed by atoms with Gasteiger partial charge in [-0.05, 0) is 32.1 Å². The fourth-order valence-corrected chi connectivity index (χ4v) is 2.71. The van der Waals surface area contributed by atoms with E-state index in [1.54, 1.807) is 0 Å². The Morgan fingerprint density at radius 2 is 2.07 bits per heavy atom. The number of carbonyl (C=O) groups excluding carboxylic acids is 1. The summed E-state index contributed by atoms with van der Waals surface area (Å²) in [6.07, 6.45) is 5.49. The fraction of sp³-hybridized carbons (Fsp3) is 0.909. The summed E-state index contributed by atoms with van der Waals surface area (Å²) in [5, 5.41) is 0. The van der Waals surface area contributed by atoms with Crippen LogP contribution in [0.1, 0.15) is 32.1 Å². The van der Waals surface area contributed by atoms with Gasteiger partial charge in [0.25, 0.3) is 0 Å². The Hall–Kier alpha value is -0.770. The molecule has 2 amide bonds. The molecule has 2 fully saturated rings. The normalized spacial score (nSPS) is 33.3. The molecule has 0 aromatic rings.